The van der Waals surface area contributed by atoms with Gasteiger partial charge in [0.15, 0.2) is 0 Å². The number of nitrogens with zero attached hydrogens (tertiary/aromatic N) is 1. The number of rotatable bonds is 7. The first-order valence-corrected chi connectivity index (χ1v) is 11.3. The Hall–Kier alpha value is -0.660. The number of nitrogens with one attached hydrogen (secondary N) is 1. The summed E-state index contributed by atoms with van der Waals surface area (Å²) in [6.45, 7) is 5.70. The maximum Gasteiger partial charge on any atom is 0.225 e. The summed E-state index contributed by atoms with van der Waals surface area (Å²) in [4.78, 5) is 12.3. The van der Waals surface area contributed by atoms with Gasteiger partial charge in [0, 0.05) is 36.9 Å². The molecular weight excluding hydrogens is 340 g/mol. The molecule has 25 heavy (non-hydrogen) atoms. The monoisotopic (exact) mass is 370 g/mol. The minimum Gasteiger partial charge on any atom is -0.370 e. The van der Waals surface area contributed by atoms with Gasteiger partial charge in [-0.3, -0.25) is 4.79 Å². The Morgan fingerprint density at radius 3 is 2.76 bits per heavy atom. The molecule has 3 saturated heterocycles. The zero-order valence-electron chi connectivity index (χ0n) is 15.3. The SMILES string of the molecule is CCCCS(=O)(=O)N1C[C@@H]2[C@H](CNC(=O)C3(C)CC3)[C@H]3CC[C@]2(C1)O3. The number of fused-ring (bicyclic) bond motifs is 1. The Labute approximate surface area is 150 Å². The van der Waals surface area contributed by atoms with Gasteiger partial charge in [0.05, 0.1) is 17.5 Å². The van der Waals surface area contributed by atoms with E-state index in [2.05, 4.69) is 5.32 Å². The quantitative estimate of drug-likeness (QED) is 0.737. The fraction of sp³-hybridized carbons (Fsp3) is 0.944. The Bertz CT molecular complexity index is 660. The summed E-state index contributed by atoms with van der Waals surface area (Å²) in [5.74, 6) is 0.839. The first kappa shape index (κ1) is 17.7. The first-order chi connectivity index (χ1) is 11.8. The molecule has 6 nitrogen and oxygen atoms in total. The maximum absolute atomic E-state index is 12.6. The molecule has 1 aliphatic carbocycles. The normalized spacial score (nSPS) is 38.7. The van der Waals surface area contributed by atoms with Crippen LogP contribution in [0.25, 0.3) is 0 Å². The van der Waals surface area contributed by atoms with Crippen LogP contribution < -0.4 is 5.32 Å². The third-order valence-electron chi connectivity index (χ3n) is 6.95. The van der Waals surface area contributed by atoms with Crippen LogP contribution in [0.2, 0.25) is 0 Å². The second-order valence-corrected chi connectivity index (χ2v) is 10.9. The molecule has 1 spiro atoms. The van der Waals surface area contributed by atoms with E-state index in [0.29, 0.717) is 26.1 Å². The Balaban J connectivity index is 1.43. The molecule has 4 atom stereocenters. The van der Waals surface area contributed by atoms with Crippen molar-refractivity contribution in [2.75, 3.05) is 25.4 Å². The highest BCUT2D eigenvalue weighted by Crippen LogP contribution is 2.55. The number of hydrogen-bond donors (Lipinski definition) is 1. The van der Waals surface area contributed by atoms with Crippen molar-refractivity contribution in [3.8, 4) is 0 Å². The van der Waals surface area contributed by atoms with E-state index in [1.807, 2.05) is 13.8 Å². The summed E-state index contributed by atoms with van der Waals surface area (Å²) in [5.41, 5.74) is -0.468. The fourth-order valence-corrected chi connectivity index (χ4v) is 6.64. The molecule has 7 heteroatoms. The van der Waals surface area contributed by atoms with Gasteiger partial charge in [0.25, 0.3) is 0 Å². The molecule has 4 fully saturated rings. The van der Waals surface area contributed by atoms with E-state index in [-0.39, 0.29) is 40.6 Å². The Morgan fingerprint density at radius 2 is 2.08 bits per heavy atom. The minimum atomic E-state index is -3.20. The number of ether oxygens (including phenoxy) is 1. The highest BCUT2D eigenvalue weighted by atomic mass is 32.2. The predicted molar refractivity (Wildman–Crippen MR) is 94.4 cm³/mol. The summed E-state index contributed by atoms with van der Waals surface area (Å²) in [6, 6.07) is 0. The molecule has 2 bridgehead atoms. The van der Waals surface area contributed by atoms with E-state index in [0.717, 1.165) is 32.1 Å². The number of hydrogen-bond acceptors (Lipinski definition) is 4. The molecule has 0 radical (unpaired) electrons. The second kappa shape index (κ2) is 5.92. The Kier molecular flexibility index (Phi) is 4.20. The molecule has 4 aliphatic rings. The fourth-order valence-electron chi connectivity index (χ4n) is 4.93. The molecule has 3 aliphatic heterocycles. The van der Waals surface area contributed by atoms with Crippen molar-refractivity contribution in [2.24, 2.45) is 17.3 Å². The number of amides is 1. The van der Waals surface area contributed by atoms with Crippen molar-refractivity contribution in [2.45, 2.75) is 64.1 Å². The van der Waals surface area contributed by atoms with Gasteiger partial charge in [-0.05, 0) is 32.1 Å². The molecule has 0 aromatic heterocycles. The van der Waals surface area contributed by atoms with Gasteiger partial charge in [0.2, 0.25) is 15.9 Å². The third kappa shape index (κ3) is 2.92. The van der Waals surface area contributed by atoms with Crippen molar-refractivity contribution in [1.29, 1.82) is 0 Å². The van der Waals surface area contributed by atoms with E-state index < -0.39 is 10.0 Å². The lowest BCUT2D eigenvalue weighted by molar-refractivity contribution is -0.126. The predicted octanol–water partition coefficient (Wildman–Crippen LogP) is 1.51. The lowest BCUT2D eigenvalue weighted by Gasteiger charge is -2.29. The largest absolute Gasteiger partial charge is 0.370 e. The average Bonchev–Trinajstić information content (AvgIpc) is 2.97. The number of carbonyl (C=O) groups excluding carboxylic acids is 1. The molecule has 4 rings (SSSR count). The van der Waals surface area contributed by atoms with Crippen LogP contribution in [0.4, 0.5) is 0 Å². The average molecular weight is 371 g/mol. The molecule has 1 saturated carbocycles. The van der Waals surface area contributed by atoms with Gasteiger partial charge in [-0.1, -0.05) is 20.3 Å². The summed E-state index contributed by atoms with van der Waals surface area (Å²) in [5, 5.41) is 3.12. The van der Waals surface area contributed by atoms with E-state index >= 15 is 0 Å². The van der Waals surface area contributed by atoms with Gasteiger partial charge >= 0.3 is 0 Å². The van der Waals surface area contributed by atoms with Crippen LogP contribution >= 0.6 is 0 Å². The number of unbranched alkanes of at least 4 members (excludes halogenated alkanes) is 1. The van der Waals surface area contributed by atoms with Crippen LogP contribution in [0, 0.1) is 17.3 Å². The van der Waals surface area contributed by atoms with Crippen molar-refractivity contribution in [3.63, 3.8) is 0 Å². The van der Waals surface area contributed by atoms with Gasteiger partial charge < -0.3 is 10.1 Å². The third-order valence-corrected chi connectivity index (χ3v) is 8.82. The number of sulfonamides is 1. The molecule has 142 valence electrons. The van der Waals surface area contributed by atoms with E-state index in [9.17, 15) is 13.2 Å². The van der Waals surface area contributed by atoms with Crippen LogP contribution in [-0.2, 0) is 19.6 Å². The van der Waals surface area contributed by atoms with Crippen LogP contribution in [0.3, 0.4) is 0 Å². The number of carbonyl (C=O) groups is 1. The smallest absolute Gasteiger partial charge is 0.225 e. The molecule has 3 heterocycles. The molecule has 1 amide bonds. The van der Waals surface area contributed by atoms with Crippen LogP contribution in [-0.4, -0.2) is 55.7 Å². The van der Waals surface area contributed by atoms with Crippen molar-refractivity contribution in [1.82, 2.24) is 9.62 Å². The maximum atomic E-state index is 12.6. The lowest BCUT2D eigenvalue weighted by atomic mass is 9.73. The summed E-state index contributed by atoms with van der Waals surface area (Å²) in [6.07, 6.45) is 5.64. The van der Waals surface area contributed by atoms with Crippen LogP contribution in [0.15, 0.2) is 0 Å². The van der Waals surface area contributed by atoms with E-state index in [4.69, 9.17) is 4.74 Å². The molecule has 0 unspecified atom stereocenters. The summed E-state index contributed by atoms with van der Waals surface area (Å²) < 4.78 is 33.2. The van der Waals surface area contributed by atoms with Crippen molar-refractivity contribution < 1.29 is 17.9 Å². The van der Waals surface area contributed by atoms with Crippen molar-refractivity contribution >= 4 is 15.9 Å². The summed E-state index contributed by atoms with van der Waals surface area (Å²) >= 11 is 0. The van der Waals surface area contributed by atoms with Gasteiger partial charge in [-0.15, -0.1) is 0 Å². The highest BCUT2D eigenvalue weighted by Gasteiger charge is 2.64. The summed E-state index contributed by atoms with van der Waals surface area (Å²) in [7, 11) is -3.20. The standard InChI is InChI=1S/C18H30N2O4S/c1-3-4-9-25(22,23)20-11-14-13(10-19-16(21)17(2)7-8-17)15-5-6-18(14,12-20)24-15/h13-15H,3-12H2,1-2H3,(H,19,21)/t13-,14+,15+,18+/m0/s1. The zero-order valence-corrected chi connectivity index (χ0v) is 16.1. The van der Waals surface area contributed by atoms with Crippen molar-refractivity contribution in [3.05, 3.63) is 0 Å². The Morgan fingerprint density at radius 1 is 1.32 bits per heavy atom. The topological polar surface area (TPSA) is 75.7 Å². The minimum absolute atomic E-state index is 0.148. The molecule has 0 aromatic rings. The highest BCUT2D eigenvalue weighted by molar-refractivity contribution is 7.89. The first-order valence-electron chi connectivity index (χ1n) is 9.74. The van der Waals surface area contributed by atoms with E-state index in [1.165, 1.54) is 0 Å². The van der Waals surface area contributed by atoms with Gasteiger partial charge in [-0.25, -0.2) is 8.42 Å². The van der Waals surface area contributed by atoms with Crippen LogP contribution in [0.1, 0.15) is 52.4 Å². The van der Waals surface area contributed by atoms with Gasteiger partial charge in [0.1, 0.15) is 0 Å². The molecular formula is C18H30N2O4S. The lowest BCUT2D eigenvalue weighted by Crippen LogP contribution is -2.43. The van der Waals surface area contributed by atoms with Crippen LogP contribution in [0.5, 0.6) is 0 Å². The van der Waals surface area contributed by atoms with Gasteiger partial charge in [-0.2, -0.15) is 4.31 Å². The molecule has 0 aromatic carbocycles. The zero-order chi connectivity index (χ0) is 17.9. The molecule has 1 N–H and O–H groups in total. The second-order valence-electron chi connectivity index (χ2n) is 8.76. The van der Waals surface area contributed by atoms with E-state index in [1.54, 1.807) is 4.31 Å².